The molecule has 0 aliphatic heterocycles. The van der Waals surface area contributed by atoms with E-state index in [0.29, 0.717) is 16.7 Å². The van der Waals surface area contributed by atoms with E-state index in [-0.39, 0.29) is 23.5 Å². The molecule has 0 aliphatic carbocycles. The molecular formula is C24H20F4N6O. The molecule has 2 N–H and O–H groups in total. The molecule has 1 unspecified atom stereocenters. The van der Waals surface area contributed by atoms with Crippen LogP contribution in [0, 0.1) is 12.7 Å². The average Bonchev–Trinajstić information content (AvgIpc) is 2.82. The third-order valence-corrected chi connectivity index (χ3v) is 5.54. The molecule has 11 heteroatoms. The smallest absolute Gasteiger partial charge is 0.383 e. The van der Waals surface area contributed by atoms with Crippen LogP contribution in [0.3, 0.4) is 0 Å². The van der Waals surface area contributed by atoms with Crippen LogP contribution in [0.4, 0.5) is 23.4 Å². The van der Waals surface area contributed by atoms with E-state index in [1.165, 1.54) is 23.2 Å². The van der Waals surface area contributed by atoms with Crippen molar-refractivity contribution in [3.63, 3.8) is 0 Å². The van der Waals surface area contributed by atoms with Crippen LogP contribution in [0.2, 0.25) is 0 Å². The van der Waals surface area contributed by atoms with Gasteiger partial charge in [-0.1, -0.05) is 0 Å². The van der Waals surface area contributed by atoms with Crippen LogP contribution < -0.4 is 5.73 Å². The van der Waals surface area contributed by atoms with Gasteiger partial charge in [0.25, 0.3) is 5.91 Å². The van der Waals surface area contributed by atoms with Gasteiger partial charge in [0.1, 0.15) is 11.6 Å². The zero-order valence-electron chi connectivity index (χ0n) is 18.7. The number of hydrogen-bond acceptors (Lipinski definition) is 6. The zero-order valence-corrected chi connectivity index (χ0v) is 18.7. The molecule has 1 atom stereocenters. The van der Waals surface area contributed by atoms with Crippen molar-refractivity contribution in [2.75, 3.05) is 5.73 Å². The van der Waals surface area contributed by atoms with Crippen molar-refractivity contribution < 1.29 is 22.4 Å². The summed E-state index contributed by atoms with van der Waals surface area (Å²) in [6.07, 6.45) is -3.25. The summed E-state index contributed by atoms with van der Waals surface area (Å²) in [5.74, 6) is -0.746. The Morgan fingerprint density at radius 3 is 2.54 bits per heavy atom. The van der Waals surface area contributed by atoms with Gasteiger partial charge in [-0.3, -0.25) is 9.78 Å². The van der Waals surface area contributed by atoms with E-state index in [2.05, 4.69) is 20.2 Å². The van der Waals surface area contributed by atoms with E-state index in [1.807, 2.05) is 0 Å². The lowest BCUT2D eigenvalue weighted by atomic mass is 10.1. The predicted molar refractivity (Wildman–Crippen MR) is 120 cm³/mol. The number of carbonyl (C=O) groups is 1. The normalized spacial score (nSPS) is 12.5. The molecule has 4 rings (SSSR count). The van der Waals surface area contributed by atoms with Gasteiger partial charge < -0.3 is 10.6 Å². The van der Waals surface area contributed by atoms with Gasteiger partial charge >= 0.3 is 6.18 Å². The second kappa shape index (κ2) is 9.24. The number of nitrogen functional groups attached to an aromatic ring is 1. The van der Waals surface area contributed by atoms with Crippen LogP contribution in [-0.2, 0) is 12.7 Å². The number of rotatable bonds is 5. The molecule has 0 bridgehead atoms. The van der Waals surface area contributed by atoms with Crippen molar-refractivity contribution in [2.24, 2.45) is 0 Å². The van der Waals surface area contributed by atoms with E-state index in [1.54, 1.807) is 38.1 Å². The van der Waals surface area contributed by atoms with Gasteiger partial charge in [-0.05, 0) is 67.9 Å². The summed E-state index contributed by atoms with van der Waals surface area (Å²) in [6, 6.07) is 10.3. The lowest BCUT2D eigenvalue weighted by molar-refractivity contribution is -0.141. The summed E-state index contributed by atoms with van der Waals surface area (Å²) >= 11 is 0. The first kappa shape index (κ1) is 24.0. The summed E-state index contributed by atoms with van der Waals surface area (Å²) in [4.78, 5) is 23.2. The van der Waals surface area contributed by atoms with Crippen LogP contribution in [0.1, 0.15) is 46.0 Å². The number of fused-ring (bicyclic) bond motifs is 1. The van der Waals surface area contributed by atoms with E-state index >= 15 is 0 Å². The van der Waals surface area contributed by atoms with Crippen molar-refractivity contribution in [2.45, 2.75) is 32.6 Å². The number of pyridine rings is 2. The van der Waals surface area contributed by atoms with Gasteiger partial charge in [0, 0.05) is 17.1 Å². The highest BCUT2D eigenvalue weighted by molar-refractivity contribution is 5.98. The first-order chi connectivity index (χ1) is 16.5. The molecule has 1 amide bonds. The minimum absolute atomic E-state index is 0.00629. The molecule has 0 saturated carbocycles. The van der Waals surface area contributed by atoms with Gasteiger partial charge in [0.05, 0.1) is 29.5 Å². The number of aryl methyl sites for hydroxylation is 1. The Kier molecular flexibility index (Phi) is 6.33. The highest BCUT2D eigenvalue weighted by atomic mass is 19.4. The monoisotopic (exact) mass is 484 g/mol. The van der Waals surface area contributed by atoms with Gasteiger partial charge in [-0.25, -0.2) is 9.37 Å². The lowest BCUT2D eigenvalue weighted by Gasteiger charge is -2.29. The molecule has 3 heterocycles. The SMILES string of the molecule is Cc1cc2cc(C(=O)N(Cc3ccc(C(F)(F)F)nn3)C(C)c3ncccc3F)ccc2nc1N. The van der Waals surface area contributed by atoms with E-state index in [4.69, 9.17) is 5.73 Å². The van der Waals surface area contributed by atoms with Crippen molar-refractivity contribution in [3.8, 4) is 0 Å². The van der Waals surface area contributed by atoms with Crippen molar-refractivity contribution in [1.82, 2.24) is 25.1 Å². The number of halogens is 4. The van der Waals surface area contributed by atoms with E-state index in [9.17, 15) is 22.4 Å². The maximum atomic E-state index is 14.5. The quantitative estimate of drug-likeness (QED) is 0.406. The molecule has 35 heavy (non-hydrogen) atoms. The summed E-state index contributed by atoms with van der Waals surface area (Å²) in [5, 5.41) is 7.52. The van der Waals surface area contributed by atoms with Gasteiger partial charge in [-0.2, -0.15) is 18.3 Å². The number of alkyl halides is 3. The fourth-order valence-corrected chi connectivity index (χ4v) is 3.60. The molecular weight excluding hydrogens is 464 g/mol. The second-order valence-electron chi connectivity index (χ2n) is 7.99. The Labute approximate surface area is 197 Å². The topological polar surface area (TPSA) is 97.9 Å². The minimum Gasteiger partial charge on any atom is -0.383 e. The minimum atomic E-state index is -4.65. The standard InChI is InChI=1S/C24H20F4N6O/c1-13-10-16-11-15(5-7-19(16)31-22(13)29)23(35)34(14(2)21-18(25)4-3-9-30-21)12-17-6-8-20(33-32-17)24(26,27)28/h3-11,14H,12H2,1-2H3,(H2,29,31). The summed E-state index contributed by atoms with van der Waals surface area (Å²) in [6.45, 7) is 3.14. The number of benzene rings is 1. The zero-order chi connectivity index (χ0) is 25.3. The Bertz CT molecular complexity index is 1390. The number of carbonyl (C=O) groups excluding carboxylic acids is 1. The predicted octanol–water partition coefficient (Wildman–Crippen LogP) is 4.87. The number of aromatic nitrogens is 4. The fraction of sp³-hybridized carbons (Fsp3) is 0.208. The average molecular weight is 484 g/mol. The maximum absolute atomic E-state index is 14.5. The molecule has 0 radical (unpaired) electrons. The molecule has 7 nitrogen and oxygen atoms in total. The highest BCUT2D eigenvalue weighted by Gasteiger charge is 2.33. The molecule has 0 aliphatic rings. The summed E-state index contributed by atoms with van der Waals surface area (Å²) < 4.78 is 53.1. The van der Waals surface area contributed by atoms with Gasteiger partial charge in [0.2, 0.25) is 0 Å². The molecule has 3 aromatic heterocycles. The third kappa shape index (κ3) is 5.03. The van der Waals surface area contributed by atoms with Crippen molar-refractivity contribution >= 4 is 22.6 Å². The van der Waals surface area contributed by atoms with Gasteiger partial charge in [-0.15, -0.1) is 5.10 Å². The summed E-state index contributed by atoms with van der Waals surface area (Å²) in [7, 11) is 0. The number of anilines is 1. The fourth-order valence-electron chi connectivity index (χ4n) is 3.60. The maximum Gasteiger partial charge on any atom is 0.435 e. The van der Waals surface area contributed by atoms with Crippen LogP contribution in [-0.4, -0.2) is 31.0 Å². The first-order valence-corrected chi connectivity index (χ1v) is 10.5. The van der Waals surface area contributed by atoms with E-state index in [0.717, 1.165) is 17.7 Å². The molecule has 180 valence electrons. The van der Waals surface area contributed by atoms with Crippen LogP contribution in [0.5, 0.6) is 0 Å². The Hall–Kier alpha value is -4.15. The third-order valence-electron chi connectivity index (χ3n) is 5.54. The number of nitrogens with two attached hydrogens (primary N) is 1. The summed E-state index contributed by atoms with van der Waals surface area (Å²) in [5.41, 5.74) is 6.41. The molecule has 0 fully saturated rings. The molecule has 4 aromatic rings. The first-order valence-electron chi connectivity index (χ1n) is 10.5. The Morgan fingerprint density at radius 1 is 1.11 bits per heavy atom. The Morgan fingerprint density at radius 2 is 1.89 bits per heavy atom. The van der Waals surface area contributed by atoms with Crippen LogP contribution >= 0.6 is 0 Å². The lowest BCUT2D eigenvalue weighted by Crippen LogP contribution is -2.34. The van der Waals surface area contributed by atoms with Crippen LogP contribution in [0.25, 0.3) is 10.9 Å². The number of nitrogens with zero attached hydrogens (tertiary/aromatic N) is 5. The molecule has 0 saturated heterocycles. The van der Waals surface area contributed by atoms with Crippen LogP contribution in [0.15, 0.2) is 54.7 Å². The molecule has 0 spiro atoms. The number of hydrogen-bond donors (Lipinski definition) is 1. The molecule has 1 aromatic carbocycles. The Balaban J connectivity index is 1.73. The van der Waals surface area contributed by atoms with E-state index < -0.39 is 29.6 Å². The van der Waals surface area contributed by atoms with Crippen molar-refractivity contribution in [1.29, 1.82) is 0 Å². The highest BCUT2D eigenvalue weighted by Crippen LogP contribution is 2.29. The van der Waals surface area contributed by atoms with Gasteiger partial charge in [0.15, 0.2) is 5.69 Å². The number of amides is 1. The second-order valence-corrected chi connectivity index (χ2v) is 7.99. The largest absolute Gasteiger partial charge is 0.435 e. The van der Waals surface area contributed by atoms with Crippen molar-refractivity contribution in [3.05, 3.63) is 88.8 Å².